The Morgan fingerprint density at radius 2 is 1.65 bits per heavy atom. The maximum atomic E-state index is 2.32. The van der Waals surface area contributed by atoms with Gasteiger partial charge in [0.15, 0.2) is 0 Å². The number of hydrogen-bond acceptors (Lipinski definition) is 4. The van der Waals surface area contributed by atoms with Crippen LogP contribution in [-0.2, 0) is 0 Å². The second-order valence-electron chi connectivity index (χ2n) is 3.49. The smallest absolute Gasteiger partial charge is 0.0646 e. The van der Waals surface area contributed by atoms with E-state index in [4.69, 9.17) is 0 Å². The predicted molar refractivity (Wildman–Crippen MR) is 81.1 cm³/mol. The molecule has 0 nitrogen and oxygen atoms in total. The molecule has 0 N–H and O–H groups in total. The van der Waals surface area contributed by atoms with Gasteiger partial charge in [0, 0.05) is 4.91 Å². The number of thiophene rings is 2. The van der Waals surface area contributed by atoms with Crippen LogP contribution >= 0.6 is 46.2 Å². The van der Waals surface area contributed by atoms with Gasteiger partial charge in [0.1, 0.15) is 0 Å². The summed E-state index contributed by atoms with van der Waals surface area (Å²) in [4.78, 5) is 2.83. The second kappa shape index (κ2) is 5.48. The second-order valence-corrected chi connectivity index (χ2v) is 8.19. The Labute approximate surface area is 117 Å². The summed E-state index contributed by atoms with van der Waals surface area (Å²) in [5.74, 6) is 0. The summed E-state index contributed by atoms with van der Waals surface area (Å²) < 4.78 is 2.75. The van der Waals surface area contributed by atoms with Crippen molar-refractivity contribution in [2.45, 2.75) is 14.8 Å². The minimum absolute atomic E-state index is 1.08. The molecule has 0 atom stereocenters. The predicted octanol–water partition coefficient (Wildman–Crippen LogP) is 5.87. The summed E-state index contributed by atoms with van der Waals surface area (Å²) in [7, 11) is 0. The Hall–Kier alpha value is -0.420. The summed E-state index contributed by atoms with van der Waals surface area (Å²) in [5, 5.41) is 4.26. The molecule has 2 heterocycles. The van der Waals surface area contributed by atoms with Crippen LogP contribution in [0.2, 0.25) is 0 Å². The van der Waals surface area contributed by atoms with Crippen LogP contribution in [-0.4, -0.2) is 0 Å². The van der Waals surface area contributed by atoms with Crippen LogP contribution in [0.5, 0.6) is 0 Å². The van der Waals surface area contributed by atoms with Crippen LogP contribution in [0.15, 0.2) is 65.4 Å². The molecule has 0 radical (unpaired) electrons. The zero-order chi connectivity index (χ0) is 11.5. The maximum Gasteiger partial charge on any atom is 0.0646 e. The topological polar surface area (TPSA) is 0 Å². The first-order valence-electron chi connectivity index (χ1n) is 5.23. The van der Waals surface area contributed by atoms with Crippen molar-refractivity contribution in [1.82, 2.24) is 0 Å². The van der Waals surface area contributed by atoms with E-state index in [0.29, 0.717) is 0 Å². The van der Waals surface area contributed by atoms with Crippen LogP contribution in [0.1, 0.15) is 6.42 Å². The van der Waals surface area contributed by atoms with E-state index in [9.17, 15) is 0 Å². The van der Waals surface area contributed by atoms with Crippen LogP contribution in [0.25, 0.3) is 0 Å². The van der Waals surface area contributed by atoms with Crippen molar-refractivity contribution < 1.29 is 0 Å². The van der Waals surface area contributed by atoms with Crippen molar-refractivity contribution in [3.05, 3.63) is 57.0 Å². The van der Waals surface area contributed by atoms with E-state index in [1.165, 1.54) is 18.2 Å². The van der Waals surface area contributed by atoms with Crippen molar-refractivity contribution in [1.29, 1.82) is 0 Å². The fraction of sp³-hybridized carbons (Fsp3) is 0.0769. The average Bonchev–Trinajstić information content (AvgIpc) is 3.02. The number of rotatable bonds is 4. The largest absolute Gasteiger partial charge is 0.137 e. The Morgan fingerprint density at radius 3 is 2.29 bits per heavy atom. The van der Waals surface area contributed by atoms with Gasteiger partial charge in [-0.05, 0) is 40.3 Å². The molecule has 0 unspecified atom stereocenters. The van der Waals surface area contributed by atoms with Gasteiger partial charge < -0.3 is 0 Å². The molecule has 0 spiro atoms. The Bertz CT molecular complexity index is 532. The molecule has 17 heavy (non-hydrogen) atoms. The quantitative estimate of drug-likeness (QED) is 0.692. The summed E-state index contributed by atoms with van der Waals surface area (Å²) in [6, 6.07) is 8.57. The molecule has 0 fully saturated rings. The van der Waals surface area contributed by atoms with Crippen molar-refractivity contribution in [2.75, 3.05) is 0 Å². The van der Waals surface area contributed by atoms with Gasteiger partial charge in [-0.15, -0.1) is 22.7 Å². The SMILES string of the molecule is C1=C(Sc2cccs2)C=C(Sc2cccs2)C1. The average molecular weight is 294 g/mol. The minimum Gasteiger partial charge on any atom is -0.137 e. The normalized spacial score (nSPS) is 14.8. The molecule has 0 aliphatic heterocycles. The summed E-state index contributed by atoms with van der Waals surface area (Å²) >= 11 is 7.37. The first-order chi connectivity index (χ1) is 8.40. The van der Waals surface area contributed by atoms with Gasteiger partial charge in [-0.2, -0.15) is 0 Å². The third-order valence-corrected chi connectivity index (χ3v) is 6.39. The Balaban J connectivity index is 1.64. The van der Waals surface area contributed by atoms with Crippen molar-refractivity contribution in [3.8, 4) is 0 Å². The summed E-state index contributed by atoms with van der Waals surface area (Å²) in [6.45, 7) is 0. The number of allylic oxidation sites excluding steroid dienone is 3. The van der Waals surface area contributed by atoms with Crippen LogP contribution in [0.3, 0.4) is 0 Å². The van der Waals surface area contributed by atoms with Gasteiger partial charge >= 0.3 is 0 Å². The van der Waals surface area contributed by atoms with Gasteiger partial charge in [0.05, 0.1) is 8.42 Å². The molecule has 0 amide bonds. The van der Waals surface area contributed by atoms with Crippen molar-refractivity contribution in [3.63, 3.8) is 0 Å². The molecule has 0 saturated heterocycles. The highest BCUT2D eigenvalue weighted by Gasteiger charge is 2.10. The third-order valence-electron chi connectivity index (χ3n) is 2.25. The van der Waals surface area contributed by atoms with E-state index in [2.05, 4.69) is 47.2 Å². The molecule has 3 rings (SSSR count). The maximum absolute atomic E-state index is 2.32. The van der Waals surface area contributed by atoms with Gasteiger partial charge in [-0.3, -0.25) is 0 Å². The molecule has 1 aliphatic rings. The monoisotopic (exact) mass is 294 g/mol. The molecule has 2 aromatic rings. The molecule has 4 heteroatoms. The molecule has 1 aliphatic carbocycles. The lowest BCUT2D eigenvalue weighted by Crippen LogP contribution is -1.66. The van der Waals surface area contributed by atoms with E-state index in [1.54, 1.807) is 11.3 Å². The van der Waals surface area contributed by atoms with Crippen molar-refractivity contribution in [2.24, 2.45) is 0 Å². The third kappa shape index (κ3) is 3.07. The van der Waals surface area contributed by atoms with Crippen LogP contribution in [0, 0.1) is 0 Å². The Morgan fingerprint density at radius 1 is 0.941 bits per heavy atom. The van der Waals surface area contributed by atoms with Gasteiger partial charge in [0.25, 0.3) is 0 Å². The van der Waals surface area contributed by atoms with Gasteiger partial charge in [0.2, 0.25) is 0 Å². The van der Waals surface area contributed by atoms with E-state index in [1.807, 2.05) is 34.9 Å². The van der Waals surface area contributed by atoms with E-state index in [0.717, 1.165) is 6.42 Å². The highest BCUT2D eigenvalue weighted by atomic mass is 32.2. The number of hydrogen-bond donors (Lipinski definition) is 0. The zero-order valence-corrected chi connectivity index (χ0v) is 12.2. The lowest BCUT2D eigenvalue weighted by atomic mass is 10.5. The zero-order valence-electron chi connectivity index (χ0n) is 8.96. The molecule has 2 aromatic heterocycles. The van der Waals surface area contributed by atoms with E-state index >= 15 is 0 Å². The summed E-state index contributed by atoms with van der Waals surface area (Å²) in [5.41, 5.74) is 0. The van der Waals surface area contributed by atoms with E-state index in [-0.39, 0.29) is 0 Å². The standard InChI is InChI=1S/C13H10S4/c1-3-12(14-7-1)16-10-5-6-11(9-10)17-13-4-2-8-15-13/h1-5,7-9H,6H2. The first kappa shape index (κ1) is 11.7. The fourth-order valence-corrected chi connectivity index (χ4v) is 5.31. The highest BCUT2D eigenvalue weighted by Crippen LogP contribution is 2.41. The molecular formula is C13H10S4. The lowest BCUT2D eigenvalue weighted by molar-refractivity contribution is 1.41. The molecule has 0 aromatic carbocycles. The van der Waals surface area contributed by atoms with Gasteiger partial charge in [-0.1, -0.05) is 41.7 Å². The van der Waals surface area contributed by atoms with Gasteiger partial charge in [-0.25, -0.2) is 0 Å². The molecule has 86 valence electrons. The van der Waals surface area contributed by atoms with Crippen LogP contribution < -0.4 is 0 Å². The van der Waals surface area contributed by atoms with E-state index < -0.39 is 0 Å². The molecular weight excluding hydrogens is 284 g/mol. The fourth-order valence-electron chi connectivity index (χ4n) is 1.51. The summed E-state index contributed by atoms with van der Waals surface area (Å²) in [6.07, 6.45) is 5.71. The number of thioether (sulfide) groups is 2. The van der Waals surface area contributed by atoms with Crippen molar-refractivity contribution >= 4 is 46.2 Å². The minimum atomic E-state index is 1.08. The highest BCUT2D eigenvalue weighted by molar-refractivity contribution is 8.06. The lowest BCUT2D eigenvalue weighted by Gasteiger charge is -1.97. The van der Waals surface area contributed by atoms with Crippen LogP contribution in [0.4, 0.5) is 0 Å². The Kier molecular flexibility index (Phi) is 3.76. The molecule has 0 saturated carbocycles. The first-order valence-corrected chi connectivity index (χ1v) is 8.63. The molecule has 0 bridgehead atoms.